The largest absolute Gasteiger partial charge is 0.284 e. The zero-order valence-corrected chi connectivity index (χ0v) is 10.9. The van der Waals surface area contributed by atoms with Crippen molar-refractivity contribution in [2.45, 2.75) is 0 Å². The first-order valence-electron chi connectivity index (χ1n) is 5.44. The Morgan fingerprint density at radius 3 is 2.28 bits per heavy atom. The van der Waals surface area contributed by atoms with Crippen molar-refractivity contribution in [2.75, 3.05) is 11.0 Å². The number of hydrogen-bond acceptors (Lipinski definition) is 2. The third-order valence-electron chi connectivity index (χ3n) is 2.45. The van der Waals surface area contributed by atoms with Gasteiger partial charge < -0.3 is 0 Å². The Kier molecular flexibility index (Phi) is 3.39. The number of benzene rings is 2. The topological polar surface area (TPSA) is 46.2 Å². The lowest BCUT2D eigenvalue weighted by Gasteiger charge is -2.07. The van der Waals surface area contributed by atoms with Gasteiger partial charge in [0.15, 0.2) is 0 Å². The van der Waals surface area contributed by atoms with Gasteiger partial charge in [-0.1, -0.05) is 36.4 Å². The molecule has 0 unspecified atom stereocenters. The van der Waals surface area contributed by atoms with E-state index in [4.69, 9.17) is 0 Å². The Morgan fingerprint density at radius 1 is 1.00 bits per heavy atom. The van der Waals surface area contributed by atoms with E-state index in [-0.39, 0.29) is 0 Å². The number of hydrogen-bond donors (Lipinski definition) is 1. The highest BCUT2D eigenvalue weighted by Gasteiger charge is 2.03. The van der Waals surface area contributed by atoms with Gasteiger partial charge in [0, 0.05) is 5.69 Å². The molecular formula is C14H14NO2S. The van der Waals surface area contributed by atoms with E-state index in [1.165, 1.54) is 0 Å². The van der Waals surface area contributed by atoms with E-state index >= 15 is 0 Å². The molecule has 0 amide bonds. The summed E-state index contributed by atoms with van der Waals surface area (Å²) >= 11 is 0. The molecule has 0 saturated heterocycles. The normalized spacial score (nSPS) is 11.2. The van der Waals surface area contributed by atoms with Crippen LogP contribution in [0.5, 0.6) is 0 Å². The van der Waals surface area contributed by atoms with Crippen LogP contribution < -0.4 is 4.72 Å². The molecule has 0 aliphatic heterocycles. The number of nitrogens with one attached hydrogen (secondary N) is 1. The Balaban J connectivity index is 2.35. The molecule has 93 valence electrons. The second-order valence-electron chi connectivity index (χ2n) is 4.15. The number of rotatable bonds is 3. The van der Waals surface area contributed by atoms with Crippen LogP contribution in [-0.4, -0.2) is 14.7 Å². The predicted octanol–water partition coefficient (Wildman–Crippen LogP) is 2.91. The third-order valence-corrected chi connectivity index (χ3v) is 3.06. The molecule has 3 nitrogen and oxygen atoms in total. The summed E-state index contributed by atoms with van der Waals surface area (Å²) in [5.41, 5.74) is 3.50. The highest BCUT2D eigenvalue weighted by molar-refractivity contribution is 7.92. The average molecular weight is 260 g/mol. The maximum Gasteiger partial charge on any atom is 0.229 e. The van der Waals surface area contributed by atoms with Crippen LogP contribution in [0.3, 0.4) is 0 Å². The molecule has 0 aliphatic carbocycles. The highest BCUT2D eigenvalue weighted by atomic mass is 32.2. The lowest BCUT2D eigenvalue weighted by molar-refractivity contribution is 0.607. The van der Waals surface area contributed by atoms with Gasteiger partial charge in [-0.15, -0.1) is 0 Å². The summed E-state index contributed by atoms with van der Waals surface area (Å²) in [6, 6.07) is 15.0. The van der Waals surface area contributed by atoms with Crippen molar-refractivity contribution in [1.29, 1.82) is 0 Å². The van der Waals surface area contributed by atoms with Gasteiger partial charge in [-0.05, 0) is 35.7 Å². The van der Waals surface area contributed by atoms with Crippen molar-refractivity contribution in [1.82, 2.24) is 0 Å². The van der Waals surface area contributed by atoms with E-state index in [0.717, 1.165) is 22.9 Å². The molecule has 0 bridgehead atoms. The van der Waals surface area contributed by atoms with Crippen LogP contribution in [0.25, 0.3) is 11.1 Å². The Bertz CT molecular complexity index is 646. The average Bonchev–Trinajstić information content (AvgIpc) is 2.28. The van der Waals surface area contributed by atoms with E-state index < -0.39 is 10.0 Å². The van der Waals surface area contributed by atoms with Crippen molar-refractivity contribution in [2.24, 2.45) is 0 Å². The Hall–Kier alpha value is -1.81. The summed E-state index contributed by atoms with van der Waals surface area (Å²) in [5, 5.41) is 0. The molecule has 4 heteroatoms. The van der Waals surface area contributed by atoms with Crippen LogP contribution in [0.2, 0.25) is 0 Å². The molecule has 0 heterocycles. The van der Waals surface area contributed by atoms with E-state index in [1.807, 2.05) is 36.4 Å². The van der Waals surface area contributed by atoms with Gasteiger partial charge in [-0.3, -0.25) is 4.72 Å². The second kappa shape index (κ2) is 4.82. The Morgan fingerprint density at radius 2 is 1.67 bits per heavy atom. The van der Waals surface area contributed by atoms with E-state index in [1.54, 1.807) is 12.1 Å². The summed E-state index contributed by atoms with van der Waals surface area (Å²) in [6.07, 6.45) is 1.14. The maximum atomic E-state index is 11.2. The van der Waals surface area contributed by atoms with Crippen LogP contribution in [0.1, 0.15) is 5.56 Å². The van der Waals surface area contributed by atoms with E-state index in [9.17, 15) is 8.42 Å². The molecule has 0 spiro atoms. The maximum absolute atomic E-state index is 11.2. The summed E-state index contributed by atoms with van der Waals surface area (Å²) in [5.74, 6) is 0. The van der Waals surface area contributed by atoms with Crippen LogP contribution in [0, 0.1) is 6.92 Å². The summed E-state index contributed by atoms with van der Waals surface area (Å²) < 4.78 is 24.8. The summed E-state index contributed by atoms with van der Waals surface area (Å²) in [7, 11) is -3.24. The van der Waals surface area contributed by atoms with Crippen LogP contribution in [0.4, 0.5) is 5.69 Å². The molecule has 0 aromatic heterocycles. The quantitative estimate of drug-likeness (QED) is 0.922. The first-order valence-corrected chi connectivity index (χ1v) is 7.33. The highest BCUT2D eigenvalue weighted by Crippen LogP contribution is 2.23. The molecule has 0 atom stereocenters. The van der Waals surface area contributed by atoms with Gasteiger partial charge in [0.1, 0.15) is 0 Å². The van der Waals surface area contributed by atoms with Gasteiger partial charge in [0.05, 0.1) is 6.26 Å². The zero-order valence-electron chi connectivity index (χ0n) is 10.1. The fourth-order valence-corrected chi connectivity index (χ4v) is 2.23. The van der Waals surface area contributed by atoms with Gasteiger partial charge >= 0.3 is 0 Å². The number of anilines is 1. The second-order valence-corrected chi connectivity index (χ2v) is 5.90. The zero-order chi connectivity index (χ0) is 13.2. The van der Waals surface area contributed by atoms with Crippen LogP contribution >= 0.6 is 0 Å². The fraction of sp³-hybridized carbons (Fsp3) is 0.0714. The third kappa shape index (κ3) is 3.34. The first kappa shape index (κ1) is 12.6. The lowest BCUT2D eigenvalue weighted by atomic mass is 10.0. The molecule has 2 rings (SSSR count). The minimum atomic E-state index is -3.24. The molecule has 0 saturated carbocycles. The minimum Gasteiger partial charge on any atom is -0.284 e. The Labute approximate surface area is 108 Å². The molecule has 2 aromatic rings. The molecule has 1 radical (unpaired) electrons. The molecule has 0 aliphatic rings. The summed E-state index contributed by atoms with van der Waals surface area (Å²) in [6.45, 7) is 3.83. The standard InChI is InChI=1S/C14H14NO2S/c1-11-6-8-12(9-7-11)13-4-3-5-14(10-13)15-18(2,16)17/h3-10,15H,1H2,2H3. The van der Waals surface area contributed by atoms with Crippen molar-refractivity contribution in [3.05, 3.63) is 61.0 Å². The molecule has 18 heavy (non-hydrogen) atoms. The van der Waals surface area contributed by atoms with E-state index in [2.05, 4.69) is 11.6 Å². The van der Waals surface area contributed by atoms with Crippen molar-refractivity contribution < 1.29 is 8.42 Å². The van der Waals surface area contributed by atoms with Crippen molar-refractivity contribution >= 4 is 15.7 Å². The van der Waals surface area contributed by atoms with Gasteiger partial charge in [-0.25, -0.2) is 8.42 Å². The molecule has 1 N–H and O–H groups in total. The van der Waals surface area contributed by atoms with Gasteiger partial charge in [0.2, 0.25) is 10.0 Å². The lowest BCUT2D eigenvalue weighted by Crippen LogP contribution is -2.09. The first-order chi connectivity index (χ1) is 8.44. The molecular weight excluding hydrogens is 246 g/mol. The fourth-order valence-electron chi connectivity index (χ4n) is 1.67. The van der Waals surface area contributed by atoms with E-state index in [0.29, 0.717) is 5.69 Å². The van der Waals surface area contributed by atoms with Crippen LogP contribution in [0.15, 0.2) is 48.5 Å². The summed E-state index contributed by atoms with van der Waals surface area (Å²) in [4.78, 5) is 0. The SMILES string of the molecule is [CH2]c1ccc(-c2cccc(NS(C)(=O)=O)c2)cc1. The van der Waals surface area contributed by atoms with Gasteiger partial charge in [-0.2, -0.15) is 0 Å². The number of sulfonamides is 1. The minimum absolute atomic E-state index is 0.564. The monoisotopic (exact) mass is 260 g/mol. The van der Waals surface area contributed by atoms with Crippen molar-refractivity contribution in [3.8, 4) is 11.1 Å². The van der Waals surface area contributed by atoms with Gasteiger partial charge in [0.25, 0.3) is 0 Å². The molecule has 0 fully saturated rings. The predicted molar refractivity (Wildman–Crippen MR) is 74.8 cm³/mol. The molecule has 2 aromatic carbocycles. The smallest absolute Gasteiger partial charge is 0.229 e. The van der Waals surface area contributed by atoms with Crippen LogP contribution in [-0.2, 0) is 10.0 Å². The van der Waals surface area contributed by atoms with Crippen molar-refractivity contribution in [3.63, 3.8) is 0 Å².